The molecule has 0 radical (unpaired) electrons. The average molecular weight is 363 g/mol. The molecule has 1 aromatic rings. The van der Waals surface area contributed by atoms with E-state index >= 15 is 0 Å². The maximum Gasteiger partial charge on any atom is 0.0641 e. The molecular weight excluding hydrogens is 324 g/mol. The maximum absolute atomic E-state index is 9.58. The highest BCUT2D eigenvalue weighted by molar-refractivity contribution is 5.24. The second-order valence-electron chi connectivity index (χ2n) is 8.37. The van der Waals surface area contributed by atoms with Crippen molar-refractivity contribution in [2.45, 2.75) is 78.4 Å². The molecule has 1 aromatic heterocycles. The zero-order valence-corrected chi connectivity index (χ0v) is 17.1. The molecule has 0 aromatic carbocycles. The second kappa shape index (κ2) is 9.34. The fraction of sp³-hybridized carbons (Fsp3) is 0.857. The Labute approximate surface area is 159 Å². The molecule has 148 valence electrons. The molecular formula is C21H38N4O. The molecule has 1 aliphatic carbocycles. The van der Waals surface area contributed by atoms with Gasteiger partial charge in [0.15, 0.2) is 0 Å². The van der Waals surface area contributed by atoms with Gasteiger partial charge in [0.05, 0.1) is 5.69 Å². The van der Waals surface area contributed by atoms with Crippen LogP contribution in [0.2, 0.25) is 0 Å². The van der Waals surface area contributed by atoms with Gasteiger partial charge in [-0.1, -0.05) is 19.3 Å². The summed E-state index contributed by atoms with van der Waals surface area (Å²) in [5.74, 6) is 0.878. The molecule has 0 amide bonds. The molecule has 3 rings (SSSR count). The summed E-state index contributed by atoms with van der Waals surface area (Å²) < 4.78 is 2.12. The van der Waals surface area contributed by atoms with E-state index < -0.39 is 0 Å². The van der Waals surface area contributed by atoms with E-state index in [2.05, 4.69) is 40.4 Å². The number of aliphatic hydroxyl groups is 1. The van der Waals surface area contributed by atoms with Gasteiger partial charge in [-0.2, -0.15) is 5.10 Å². The summed E-state index contributed by atoms with van der Waals surface area (Å²) >= 11 is 0. The van der Waals surface area contributed by atoms with E-state index in [1.807, 2.05) is 0 Å². The number of aryl methyl sites for hydroxylation is 2. The van der Waals surface area contributed by atoms with Crippen molar-refractivity contribution in [2.75, 3.05) is 32.8 Å². The zero-order valence-electron chi connectivity index (χ0n) is 17.1. The summed E-state index contributed by atoms with van der Waals surface area (Å²) in [6.07, 6.45) is 7.95. The van der Waals surface area contributed by atoms with Crippen LogP contribution in [0.15, 0.2) is 0 Å². The van der Waals surface area contributed by atoms with E-state index in [-0.39, 0.29) is 0 Å². The minimum Gasteiger partial charge on any atom is -0.396 e. The Hall–Kier alpha value is -0.910. The van der Waals surface area contributed by atoms with Crippen LogP contribution in [0.4, 0.5) is 0 Å². The standard InChI is InChI=1S/C21H38N4O/c1-4-25-18(3)21(17(2)22-25)16-23-11-12-24(20(15-23)10-13-26)14-19-8-6-5-7-9-19/h19-20,26H,4-16H2,1-3H3/t20-/m0/s1. The third kappa shape index (κ3) is 4.68. The summed E-state index contributed by atoms with van der Waals surface area (Å²) in [7, 11) is 0. The molecule has 5 heteroatoms. The van der Waals surface area contributed by atoms with Crippen LogP contribution < -0.4 is 0 Å². The average Bonchev–Trinajstić information content (AvgIpc) is 2.92. The van der Waals surface area contributed by atoms with Crippen molar-refractivity contribution in [3.63, 3.8) is 0 Å². The first kappa shape index (κ1) is 19.8. The highest BCUT2D eigenvalue weighted by atomic mass is 16.3. The predicted octanol–water partition coefficient (Wildman–Crippen LogP) is 2.97. The Morgan fingerprint density at radius 2 is 1.88 bits per heavy atom. The lowest BCUT2D eigenvalue weighted by atomic mass is 9.88. The van der Waals surface area contributed by atoms with Gasteiger partial charge >= 0.3 is 0 Å². The SMILES string of the molecule is CCn1nc(C)c(CN2CCN(CC3CCCCC3)[C@@H](CCO)C2)c1C. The number of nitrogens with zero attached hydrogens (tertiary/aromatic N) is 4. The summed E-state index contributed by atoms with van der Waals surface area (Å²) in [4.78, 5) is 5.26. The second-order valence-corrected chi connectivity index (χ2v) is 8.37. The molecule has 5 nitrogen and oxygen atoms in total. The smallest absolute Gasteiger partial charge is 0.0641 e. The van der Waals surface area contributed by atoms with E-state index in [0.29, 0.717) is 12.6 Å². The molecule has 2 aliphatic rings. The van der Waals surface area contributed by atoms with E-state index in [4.69, 9.17) is 0 Å². The number of piperazine rings is 1. The Kier molecular flexibility index (Phi) is 7.12. The first-order valence-electron chi connectivity index (χ1n) is 10.7. The fourth-order valence-corrected chi connectivity index (χ4v) is 4.96. The summed E-state index contributed by atoms with van der Waals surface area (Å²) in [5.41, 5.74) is 3.89. The minimum atomic E-state index is 0.297. The summed E-state index contributed by atoms with van der Waals surface area (Å²) in [5, 5.41) is 14.3. The first-order valence-corrected chi connectivity index (χ1v) is 10.7. The lowest BCUT2D eigenvalue weighted by molar-refractivity contribution is 0.0399. The normalized spacial score (nSPS) is 23.6. The molecule has 0 bridgehead atoms. The Morgan fingerprint density at radius 3 is 2.54 bits per heavy atom. The Morgan fingerprint density at radius 1 is 1.12 bits per heavy atom. The van der Waals surface area contributed by atoms with Crippen molar-refractivity contribution >= 4 is 0 Å². The highest BCUT2D eigenvalue weighted by Crippen LogP contribution is 2.27. The van der Waals surface area contributed by atoms with Gasteiger partial charge in [-0.15, -0.1) is 0 Å². The van der Waals surface area contributed by atoms with Gasteiger partial charge in [0.25, 0.3) is 0 Å². The third-order valence-corrected chi connectivity index (χ3v) is 6.58. The van der Waals surface area contributed by atoms with Crippen LogP contribution in [0.1, 0.15) is 62.4 Å². The van der Waals surface area contributed by atoms with Crippen LogP contribution in [0, 0.1) is 19.8 Å². The number of hydrogen-bond donors (Lipinski definition) is 1. The van der Waals surface area contributed by atoms with Gasteiger partial charge in [0.2, 0.25) is 0 Å². The van der Waals surface area contributed by atoms with Gasteiger partial charge in [0, 0.05) is 63.2 Å². The van der Waals surface area contributed by atoms with Gasteiger partial charge in [-0.25, -0.2) is 0 Å². The van der Waals surface area contributed by atoms with E-state index in [9.17, 15) is 5.11 Å². The van der Waals surface area contributed by atoms with Crippen LogP contribution in [-0.2, 0) is 13.1 Å². The van der Waals surface area contributed by atoms with Crippen molar-refractivity contribution in [3.05, 3.63) is 17.0 Å². The van der Waals surface area contributed by atoms with Gasteiger partial charge < -0.3 is 5.11 Å². The minimum absolute atomic E-state index is 0.297. The van der Waals surface area contributed by atoms with Gasteiger partial charge in [-0.05, 0) is 46.0 Å². The van der Waals surface area contributed by atoms with Gasteiger partial charge in [-0.3, -0.25) is 14.5 Å². The zero-order chi connectivity index (χ0) is 18.5. The first-order chi connectivity index (χ1) is 12.6. The Balaban J connectivity index is 1.61. The lowest BCUT2D eigenvalue weighted by Gasteiger charge is -2.43. The predicted molar refractivity (Wildman–Crippen MR) is 106 cm³/mol. The number of rotatable bonds is 7. The highest BCUT2D eigenvalue weighted by Gasteiger charge is 2.29. The topological polar surface area (TPSA) is 44.5 Å². The molecule has 0 spiro atoms. The number of aliphatic hydroxyl groups excluding tert-OH is 1. The lowest BCUT2D eigenvalue weighted by Crippen LogP contribution is -2.54. The summed E-state index contributed by atoms with van der Waals surface area (Å²) in [6.45, 7) is 13.3. The number of hydrogen-bond acceptors (Lipinski definition) is 4. The maximum atomic E-state index is 9.58. The molecule has 1 atom stereocenters. The Bertz CT molecular complexity index is 565. The molecule has 0 unspecified atom stereocenters. The van der Waals surface area contributed by atoms with Crippen molar-refractivity contribution in [3.8, 4) is 0 Å². The summed E-state index contributed by atoms with van der Waals surface area (Å²) in [6, 6.07) is 0.498. The molecule has 26 heavy (non-hydrogen) atoms. The van der Waals surface area contributed by atoms with Crippen LogP contribution in [-0.4, -0.2) is 63.5 Å². The van der Waals surface area contributed by atoms with E-state index in [1.54, 1.807) is 0 Å². The molecule has 2 heterocycles. The van der Waals surface area contributed by atoms with Crippen LogP contribution >= 0.6 is 0 Å². The molecule has 1 aliphatic heterocycles. The quantitative estimate of drug-likeness (QED) is 0.810. The third-order valence-electron chi connectivity index (χ3n) is 6.58. The molecule has 1 saturated carbocycles. The fourth-order valence-electron chi connectivity index (χ4n) is 4.96. The van der Waals surface area contributed by atoms with Gasteiger partial charge in [0.1, 0.15) is 0 Å². The van der Waals surface area contributed by atoms with Crippen LogP contribution in [0.25, 0.3) is 0 Å². The monoisotopic (exact) mass is 362 g/mol. The van der Waals surface area contributed by atoms with Crippen molar-refractivity contribution < 1.29 is 5.11 Å². The molecule has 1 saturated heterocycles. The van der Waals surface area contributed by atoms with E-state index in [1.165, 1.54) is 55.6 Å². The molecule has 2 fully saturated rings. The van der Waals surface area contributed by atoms with Crippen molar-refractivity contribution in [1.29, 1.82) is 0 Å². The molecule has 1 N–H and O–H groups in total. The van der Waals surface area contributed by atoms with Crippen molar-refractivity contribution in [1.82, 2.24) is 19.6 Å². The van der Waals surface area contributed by atoms with Crippen molar-refractivity contribution in [2.24, 2.45) is 5.92 Å². The number of aromatic nitrogens is 2. The van der Waals surface area contributed by atoms with Crippen LogP contribution in [0.3, 0.4) is 0 Å². The van der Waals surface area contributed by atoms with Crippen LogP contribution in [0.5, 0.6) is 0 Å². The van der Waals surface area contributed by atoms with E-state index in [0.717, 1.165) is 45.1 Å². The largest absolute Gasteiger partial charge is 0.396 e.